The molecule has 0 amide bonds. The maximum Gasteiger partial charge on any atom is 0.112 e. The van der Waals surface area contributed by atoms with E-state index in [0.717, 1.165) is 18.9 Å². The predicted molar refractivity (Wildman–Crippen MR) is 64.6 cm³/mol. The highest BCUT2D eigenvalue weighted by atomic mass is 15.1. The van der Waals surface area contributed by atoms with E-state index in [1.807, 2.05) is 0 Å². The second-order valence-electron chi connectivity index (χ2n) is 5.27. The normalized spacial score (nSPS) is 24.5. The number of fused-ring (bicyclic) bond motifs is 1. The SMILES string of the molecule is Cc1nc(C2CC2)n2c1CCCC2CCN. The average Bonchev–Trinajstić information content (AvgIpc) is 3.06. The van der Waals surface area contributed by atoms with Gasteiger partial charge in [-0.1, -0.05) is 0 Å². The zero-order chi connectivity index (χ0) is 11.1. The van der Waals surface area contributed by atoms with Crippen molar-refractivity contribution in [2.45, 2.75) is 57.4 Å². The van der Waals surface area contributed by atoms with Crippen LogP contribution in [0, 0.1) is 6.92 Å². The van der Waals surface area contributed by atoms with Gasteiger partial charge < -0.3 is 10.3 Å². The van der Waals surface area contributed by atoms with Gasteiger partial charge in [-0.25, -0.2) is 4.98 Å². The second kappa shape index (κ2) is 3.88. The van der Waals surface area contributed by atoms with Crippen molar-refractivity contribution in [3.05, 3.63) is 17.2 Å². The highest BCUT2D eigenvalue weighted by Gasteiger charge is 2.33. The second-order valence-corrected chi connectivity index (χ2v) is 5.27. The molecule has 0 radical (unpaired) electrons. The van der Waals surface area contributed by atoms with Crippen LogP contribution in [0.25, 0.3) is 0 Å². The molecule has 1 atom stereocenters. The lowest BCUT2D eigenvalue weighted by molar-refractivity contribution is 0.372. The summed E-state index contributed by atoms with van der Waals surface area (Å²) in [6.07, 6.45) is 7.60. The standard InChI is InChI=1S/C13H21N3/c1-9-12-4-2-3-11(7-8-14)16(12)13(15-9)10-5-6-10/h10-11H,2-8,14H2,1H3. The topological polar surface area (TPSA) is 43.8 Å². The van der Waals surface area contributed by atoms with Crippen LogP contribution in [0.2, 0.25) is 0 Å². The van der Waals surface area contributed by atoms with E-state index >= 15 is 0 Å². The summed E-state index contributed by atoms with van der Waals surface area (Å²) in [5.41, 5.74) is 8.49. The number of aryl methyl sites for hydroxylation is 1. The Balaban J connectivity index is 2.01. The first kappa shape index (κ1) is 10.3. The van der Waals surface area contributed by atoms with Gasteiger partial charge in [0.25, 0.3) is 0 Å². The Morgan fingerprint density at radius 2 is 2.19 bits per heavy atom. The fraction of sp³-hybridized carbons (Fsp3) is 0.769. The Morgan fingerprint density at radius 1 is 1.38 bits per heavy atom. The molecule has 0 spiro atoms. The first-order chi connectivity index (χ1) is 7.81. The van der Waals surface area contributed by atoms with Crippen LogP contribution < -0.4 is 5.73 Å². The van der Waals surface area contributed by atoms with Gasteiger partial charge in [-0.15, -0.1) is 0 Å². The molecule has 0 bridgehead atoms. The van der Waals surface area contributed by atoms with E-state index in [1.54, 1.807) is 0 Å². The van der Waals surface area contributed by atoms with E-state index in [2.05, 4.69) is 11.5 Å². The molecule has 2 heterocycles. The van der Waals surface area contributed by atoms with Gasteiger partial charge in [0, 0.05) is 17.7 Å². The van der Waals surface area contributed by atoms with Gasteiger partial charge in [-0.2, -0.15) is 0 Å². The van der Waals surface area contributed by atoms with Gasteiger partial charge >= 0.3 is 0 Å². The summed E-state index contributed by atoms with van der Waals surface area (Å²) in [4.78, 5) is 4.81. The van der Waals surface area contributed by atoms with Crippen molar-refractivity contribution in [2.24, 2.45) is 5.73 Å². The number of rotatable bonds is 3. The predicted octanol–water partition coefficient (Wildman–Crippen LogP) is 2.30. The fourth-order valence-corrected chi connectivity index (χ4v) is 3.04. The lowest BCUT2D eigenvalue weighted by Crippen LogP contribution is -2.22. The summed E-state index contributed by atoms with van der Waals surface area (Å²) in [6, 6.07) is 0.630. The molecular weight excluding hydrogens is 198 g/mol. The van der Waals surface area contributed by atoms with Gasteiger partial charge in [0.1, 0.15) is 5.82 Å². The van der Waals surface area contributed by atoms with E-state index < -0.39 is 0 Å². The Hall–Kier alpha value is -0.830. The van der Waals surface area contributed by atoms with Gasteiger partial charge in [-0.05, 0) is 52.0 Å². The van der Waals surface area contributed by atoms with Crippen LogP contribution in [-0.4, -0.2) is 16.1 Å². The Bertz CT molecular complexity index is 390. The molecule has 1 aromatic rings. The monoisotopic (exact) mass is 219 g/mol. The third kappa shape index (κ3) is 1.58. The van der Waals surface area contributed by atoms with Crippen LogP contribution in [0.4, 0.5) is 0 Å². The lowest BCUT2D eigenvalue weighted by Gasteiger charge is -2.27. The maximum atomic E-state index is 5.73. The number of aromatic nitrogens is 2. The number of nitrogens with two attached hydrogens (primary N) is 1. The minimum atomic E-state index is 0.630. The van der Waals surface area contributed by atoms with Crippen LogP contribution in [0.15, 0.2) is 0 Å². The molecule has 3 heteroatoms. The molecular formula is C13H21N3. The van der Waals surface area contributed by atoms with Crippen LogP contribution >= 0.6 is 0 Å². The molecule has 1 unspecified atom stereocenters. The van der Waals surface area contributed by atoms with E-state index in [4.69, 9.17) is 10.7 Å². The lowest BCUT2D eigenvalue weighted by atomic mass is 9.99. The summed E-state index contributed by atoms with van der Waals surface area (Å²) >= 11 is 0. The van der Waals surface area contributed by atoms with E-state index in [9.17, 15) is 0 Å². The van der Waals surface area contributed by atoms with Crippen LogP contribution in [0.5, 0.6) is 0 Å². The number of imidazole rings is 1. The van der Waals surface area contributed by atoms with Crippen LogP contribution in [-0.2, 0) is 6.42 Å². The Labute approximate surface area is 97.0 Å². The Morgan fingerprint density at radius 3 is 2.88 bits per heavy atom. The Kier molecular flexibility index (Phi) is 2.51. The van der Waals surface area contributed by atoms with Crippen LogP contribution in [0.3, 0.4) is 0 Å². The average molecular weight is 219 g/mol. The van der Waals surface area contributed by atoms with Crippen molar-refractivity contribution >= 4 is 0 Å². The number of hydrogen-bond donors (Lipinski definition) is 1. The molecule has 3 nitrogen and oxygen atoms in total. The zero-order valence-corrected chi connectivity index (χ0v) is 10.1. The number of nitrogens with zero attached hydrogens (tertiary/aromatic N) is 2. The zero-order valence-electron chi connectivity index (χ0n) is 10.1. The first-order valence-electron chi connectivity index (χ1n) is 6.59. The molecule has 1 aromatic heterocycles. The van der Waals surface area contributed by atoms with Crippen molar-refractivity contribution in [1.29, 1.82) is 0 Å². The van der Waals surface area contributed by atoms with Crippen LogP contribution in [0.1, 0.15) is 61.3 Å². The smallest absolute Gasteiger partial charge is 0.112 e. The molecule has 2 N–H and O–H groups in total. The summed E-state index contributed by atoms with van der Waals surface area (Å²) in [7, 11) is 0. The molecule has 1 saturated carbocycles. The molecule has 0 aromatic carbocycles. The van der Waals surface area contributed by atoms with Crippen molar-refractivity contribution in [2.75, 3.05) is 6.54 Å². The molecule has 0 saturated heterocycles. The molecule has 1 fully saturated rings. The third-order valence-electron chi connectivity index (χ3n) is 4.00. The molecule has 3 rings (SSSR count). The summed E-state index contributed by atoms with van der Waals surface area (Å²) in [5.74, 6) is 2.12. The minimum Gasteiger partial charge on any atom is -0.330 e. The first-order valence-corrected chi connectivity index (χ1v) is 6.59. The van der Waals surface area contributed by atoms with Gasteiger partial charge in [0.15, 0.2) is 0 Å². The van der Waals surface area contributed by atoms with Gasteiger partial charge in [-0.3, -0.25) is 0 Å². The molecule has 1 aliphatic carbocycles. The van der Waals surface area contributed by atoms with E-state index in [0.29, 0.717) is 6.04 Å². The van der Waals surface area contributed by atoms with Crippen molar-refractivity contribution in [3.63, 3.8) is 0 Å². The molecule has 16 heavy (non-hydrogen) atoms. The van der Waals surface area contributed by atoms with Crippen molar-refractivity contribution in [3.8, 4) is 0 Å². The third-order valence-corrected chi connectivity index (χ3v) is 4.00. The molecule has 2 aliphatic rings. The van der Waals surface area contributed by atoms with Crippen molar-refractivity contribution < 1.29 is 0 Å². The summed E-state index contributed by atoms with van der Waals surface area (Å²) < 4.78 is 2.54. The quantitative estimate of drug-likeness (QED) is 0.847. The highest BCUT2D eigenvalue weighted by Crippen LogP contribution is 2.43. The number of hydrogen-bond acceptors (Lipinski definition) is 2. The largest absolute Gasteiger partial charge is 0.330 e. The fourth-order valence-electron chi connectivity index (χ4n) is 3.04. The van der Waals surface area contributed by atoms with E-state index in [-0.39, 0.29) is 0 Å². The summed E-state index contributed by atoms with van der Waals surface area (Å²) in [5, 5.41) is 0. The molecule has 88 valence electrons. The van der Waals surface area contributed by atoms with Gasteiger partial charge in [0.05, 0.1) is 5.69 Å². The molecule has 1 aliphatic heterocycles. The van der Waals surface area contributed by atoms with E-state index in [1.165, 1.54) is 49.3 Å². The maximum absolute atomic E-state index is 5.73. The van der Waals surface area contributed by atoms with Gasteiger partial charge in [0.2, 0.25) is 0 Å². The minimum absolute atomic E-state index is 0.630. The summed E-state index contributed by atoms with van der Waals surface area (Å²) in [6.45, 7) is 2.97. The van der Waals surface area contributed by atoms with Crippen molar-refractivity contribution in [1.82, 2.24) is 9.55 Å². The highest BCUT2D eigenvalue weighted by molar-refractivity contribution is 5.23.